The highest BCUT2D eigenvalue weighted by atomic mass is 35.5. The molecular weight excluding hydrogens is 546 g/mol. The molecule has 2 fully saturated rings. The number of nitrogens with one attached hydrogen (secondary N) is 1. The van der Waals surface area contributed by atoms with Crippen molar-refractivity contribution in [1.29, 1.82) is 0 Å². The molecule has 3 aromatic rings. The van der Waals surface area contributed by atoms with Crippen molar-refractivity contribution >= 4 is 50.7 Å². The molecule has 0 saturated carbocycles. The van der Waals surface area contributed by atoms with E-state index in [1.165, 1.54) is 18.2 Å². The van der Waals surface area contributed by atoms with Gasteiger partial charge in [0, 0.05) is 42.0 Å². The summed E-state index contributed by atoms with van der Waals surface area (Å²) in [5.41, 5.74) is 8.30. The summed E-state index contributed by atoms with van der Waals surface area (Å²) in [6.45, 7) is 2.69. The molecule has 2 aliphatic heterocycles. The third-order valence-corrected chi connectivity index (χ3v) is 7.95. The number of carboxylic acid groups (broad SMARTS) is 1. The summed E-state index contributed by atoms with van der Waals surface area (Å²) in [5, 5.41) is 14.7. The number of halogens is 1. The van der Waals surface area contributed by atoms with E-state index in [2.05, 4.69) is 4.72 Å². The average Bonchev–Trinajstić information content (AvgIpc) is 3.46. The van der Waals surface area contributed by atoms with Gasteiger partial charge in [-0.05, 0) is 50.8 Å². The highest BCUT2D eigenvalue weighted by Gasteiger charge is 2.37. The second kappa shape index (κ2) is 10.3. The fraction of sp³-hybridized carbons (Fsp3) is 0.440. The molecule has 3 atom stereocenters. The number of carbonyl (C=O) groups excluding carboxylic acids is 1. The molecule has 1 aromatic carbocycles. The van der Waals surface area contributed by atoms with Crippen LogP contribution < -0.4 is 15.4 Å². The van der Waals surface area contributed by atoms with Crippen LogP contribution in [0, 0.1) is 6.92 Å². The number of rotatable bonds is 6. The maximum atomic E-state index is 13.8. The number of aromatic nitrogens is 3. The van der Waals surface area contributed by atoms with E-state index in [0.29, 0.717) is 48.1 Å². The fourth-order valence-electron chi connectivity index (χ4n) is 5.43. The van der Waals surface area contributed by atoms with Crippen LogP contribution in [0.2, 0.25) is 5.02 Å². The van der Waals surface area contributed by atoms with Gasteiger partial charge in [0.25, 0.3) is 5.91 Å². The summed E-state index contributed by atoms with van der Waals surface area (Å²) in [5.74, 6) is -0.757. The molecule has 0 aliphatic carbocycles. The minimum Gasteiger partial charge on any atom is -0.480 e. The van der Waals surface area contributed by atoms with Crippen molar-refractivity contribution in [3.05, 3.63) is 52.3 Å². The number of carboxylic acids is 1. The smallest absolute Gasteiger partial charge is 0.326 e. The summed E-state index contributed by atoms with van der Waals surface area (Å²) in [4.78, 5) is 33.8. The van der Waals surface area contributed by atoms with Crippen LogP contribution in [0.4, 0.5) is 11.5 Å². The lowest BCUT2D eigenvalue weighted by molar-refractivity contribution is -0.138. The van der Waals surface area contributed by atoms with Gasteiger partial charge in [-0.1, -0.05) is 11.6 Å². The minimum absolute atomic E-state index is 0.157. The van der Waals surface area contributed by atoms with Gasteiger partial charge in [-0.2, -0.15) is 5.10 Å². The van der Waals surface area contributed by atoms with Crippen molar-refractivity contribution < 1.29 is 23.1 Å². The Balaban J connectivity index is 1.50. The minimum atomic E-state index is -3.62. The van der Waals surface area contributed by atoms with Gasteiger partial charge in [-0.25, -0.2) is 22.7 Å². The predicted molar refractivity (Wildman–Crippen MR) is 147 cm³/mol. The normalized spacial score (nSPS) is 21.9. The maximum absolute atomic E-state index is 13.8. The lowest BCUT2D eigenvalue weighted by atomic mass is 9.98. The number of aryl methyl sites for hydroxylation is 1. The number of benzene rings is 1. The molecule has 1 amide bonds. The van der Waals surface area contributed by atoms with Crippen LogP contribution in [0.5, 0.6) is 0 Å². The number of carbonyl (C=O) groups is 2. The Labute approximate surface area is 230 Å². The van der Waals surface area contributed by atoms with Crippen molar-refractivity contribution in [2.24, 2.45) is 5.73 Å². The first-order chi connectivity index (χ1) is 18.4. The molecule has 2 saturated heterocycles. The number of hydrogen-bond acceptors (Lipinski definition) is 8. The second-order valence-corrected chi connectivity index (χ2v) is 12.4. The molecule has 39 heavy (non-hydrogen) atoms. The van der Waals surface area contributed by atoms with E-state index in [9.17, 15) is 23.1 Å². The van der Waals surface area contributed by atoms with Crippen LogP contribution in [-0.2, 0) is 14.8 Å². The molecule has 12 nitrogen and oxygen atoms in total. The molecule has 0 unspecified atom stereocenters. The molecule has 0 bridgehead atoms. The Morgan fingerprint density at radius 2 is 2.00 bits per heavy atom. The van der Waals surface area contributed by atoms with E-state index in [1.807, 2.05) is 6.92 Å². The number of aliphatic carboxylic acids is 1. The predicted octanol–water partition coefficient (Wildman–Crippen LogP) is 2.42. The summed E-state index contributed by atoms with van der Waals surface area (Å²) < 4.78 is 27.9. The van der Waals surface area contributed by atoms with Gasteiger partial charge < -0.3 is 20.6 Å². The number of likely N-dealkylation sites (tertiary alicyclic amines) is 1. The number of amides is 1. The van der Waals surface area contributed by atoms with Crippen LogP contribution in [0.1, 0.15) is 53.3 Å². The first kappa shape index (κ1) is 27.2. The maximum Gasteiger partial charge on any atom is 0.326 e. The van der Waals surface area contributed by atoms with E-state index in [-0.39, 0.29) is 29.2 Å². The summed E-state index contributed by atoms with van der Waals surface area (Å²) in [6, 6.07) is 4.88. The Bertz CT molecular complexity index is 1560. The molecule has 2 aromatic heterocycles. The second-order valence-electron chi connectivity index (χ2n) is 10.2. The van der Waals surface area contributed by atoms with Gasteiger partial charge >= 0.3 is 5.97 Å². The average molecular weight is 576 g/mol. The highest BCUT2D eigenvalue weighted by molar-refractivity contribution is 7.92. The first-order valence-electron chi connectivity index (χ1n) is 12.6. The molecule has 4 heterocycles. The lowest BCUT2D eigenvalue weighted by Crippen LogP contribution is -2.39. The number of sulfonamides is 1. The summed E-state index contributed by atoms with van der Waals surface area (Å²) in [7, 11) is -3.62. The molecule has 0 spiro atoms. The van der Waals surface area contributed by atoms with Gasteiger partial charge in [-0.15, -0.1) is 0 Å². The SMILES string of the molecule is Cc1cn2nc([C@@H]3CCCCN3C(=O)c3cc(Cl)ccc3NS(C)(=O)=O)cc2nc1N1C[C@H](N)C[C@@H]1C(=O)O. The van der Waals surface area contributed by atoms with Crippen LogP contribution in [-0.4, -0.2) is 76.3 Å². The third-order valence-electron chi connectivity index (χ3n) is 7.13. The quantitative estimate of drug-likeness (QED) is 0.400. The molecular formula is C25H30ClN7O5S. The Hall–Kier alpha value is -3.42. The van der Waals surface area contributed by atoms with Crippen molar-refractivity contribution in [2.45, 2.75) is 50.7 Å². The number of anilines is 2. The van der Waals surface area contributed by atoms with Gasteiger partial charge in [-0.3, -0.25) is 9.52 Å². The van der Waals surface area contributed by atoms with E-state index < -0.39 is 22.0 Å². The number of fused-ring (bicyclic) bond motifs is 1. The van der Waals surface area contributed by atoms with Gasteiger partial charge in [0.15, 0.2) is 5.65 Å². The monoisotopic (exact) mass is 575 g/mol. The fourth-order valence-corrected chi connectivity index (χ4v) is 6.18. The Kier molecular flexibility index (Phi) is 7.16. The van der Waals surface area contributed by atoms with E-state index in [0.717, 1.165) is 24.7 Å². The van der Waals surface area contributed by atoms with Gasteiger partial charge in [0.05, 0.1) is 29.2 Å². The standard InChI is InChI=1S/C25H30ClN7O5S/c1-14-12-33-22(28-23(14)32-13-16(27)10-21(32)25(35)36)11-19(29-33)20-5-3-4-8-31(20)24(34)17-9-15(26)6-7-18(17)30-39(2,37)38/h6-7,9,11-12,16,20-21,30H,3-5,8,10,13,27H2,1-2H3,(H,35,36)/t16-,20+,21-/m1/s1. The Morgan fingerprint density at radius 3 is 2.72 bits per heavy atom. The first-order valence-corrected chi connectivity index (χ1v) is 14.9. The lowest BCUT2D eigenvalue weighted by Gasteiger charge is -2.35. The number of hydrogen-bond donors (Lipinski definition) is 3. The molecule has 0 radical (unpaired) electrons. The van der Waals surface area contributed by atoms with Crippen LogP contribution >= 0.6 is 11.6 Å². The number of nitrogens with two attached hydrogens (primary N) is 1. The molecule has 5 rings (SSSR count). The number of nitrogens with zero attached hydrogens (tertiary/aromatic N) is 5. The van der Waals surface area contributed by atoms with Crippen LogP contribution in [0.25, 0.3) is 5.65 Å². The third kappa shape index (κ3) is 5.52. The summed E-state index contributed by atoms with van der Waals surface area (Å²) >= 11 is 6.18. The molecule has 2 aliphatic rings. The van der Waals surface area contributed by atoms with Crippen molar-refractivity contribution in [3.8, 4) is 0 Å². The van der Waals surface area contributed by atoms with Gasteiger partial charge in [0.2, 0.25) is 10.0 Å². The van der Waals surface area contributed by atoms with E-state index in [4.69, 9.17) is 27.4 Å². The largest absolute Gasteiger partial charge is 0.480 e. The summed E-state index contributed by atoms with van der Waals surface area (Å²) in [6.07, 6.45) is 5.50. The van der Waals surface area contributed by atoms with Gasteiger partial charge in [0.1, 0.15) is 11.9 Å². The Morgan fingerprint density at radius 1 is 1.23 bits per heavy atom. The van der Waals surface area contributed by atoms with Crippen molar-refractivity contribution in [2.75, 3.05) is 29.0 Å². The van der Waals surface area contributed by atoms with E-state index in [1.54, 1.807) is 26.6 Å². The van der Waals surface area contributed by atoms with Crippen LogP contribution in [0.3, 0.4) is 0 Å². The van der Waals surface area contributed by atoms with Crippen molar-refractivity contribution in [3.63, 3.8) is 0 Å². The molecule has 4 N–H and O–H groups in total. The zero-order valence-corrected chi connectivity index (χ0v) is 23.1. The zero-order valence-electron chi connectivity index (χ0n) is 21.5. The topological polar surface area (TPSA) is 163 Å². The zero-order chi connectivity index (χ0) is 28.1. The molecule has 14 heteroatoms. The number of piperidine rings is 1. The molecule has 208 valence electrons. The van der Waals surface area contributed by atoms with Crippen LogP contribution in [0.15, 0.2) is 30.5 Å². The van der Waals surface area contributed by atoms with Crippen molar-refractivity contribution in [1.82, 2.24) is 19.5 Å². The van der Waals surface area contributed by atoms with E-state index >= 15 is 0 Å². The highest BCUT2D eigenvalue weighted by Crippen LogP contribution is 2.35.